The lowest BCUT2D eigenvalue weighted by molar-refractivity contribution is 1.10. The molecule has 0 bridgehead atoms. The van der Waals surface area contributed by atoms with E-state index in [1.165, 1.54) is 6.33 Å². The van der Waals surface area contributed by atoms with Crippen molar-refractivity contribution >= 4 is 28.3 Å². The maximum atomic E-state index is 5.76. The summed E-state index contributed by atoms with van der Waals surface area (Å²) in [4.78, 5) is 4.03. The van der Waals surface area contributed by atoms with Gasteiger partial charge >= 0.3 is 0 Å². The molecular weight excluding hydrogens is 279 g/mol. The van der Waals surface area contributed by atoms with E-state index in [2.05, 4.69) is 37.8 Å². The summed E-state index contributed by atoms with van der Waals surface area (Å²) in [7, 11) is 0. The Hall–Kier alpha value is -1.11. The summed E-state index contributed by atoms with van der Waals surface area (Å²) in [5, 5.41) is 6.55. The molecule has 0 aliphatic carbocycles. The highest BCUT2D eigenvalue weighted by Crippen LogP contribution is 2.21. The fourth-order valence-corrected chi connectivity index (χ4v) is 1.37. The Balaban J connectivity index is 2.49. The van der Waals surface area contributed by atoms with Crippen LogP contribution in [0.5, 0.6) is 0 Å². The van der Waals surface area contributed by atoms with Crippen LogP contribution in [0.2, 0.25) is 0 Å². The zero-order valence-electron chi connectivity index (χ0n) is 6.66. The first kappa shape index (κ1) is 8.49. The number of nitrogens with one attached hydrogen (secondary N) is 1. The number of nitrogen functional groups attached to an aromatic ring is 1. The van der Waals surface area contributed by atoms with Crippen molar-refractivity contribution in [2.45, 2.75) is 0 Å². The summed E-state index contributed by atoms with van der Waals surface area (Å²) in [6.07, 6.45) is 1.48. The third kappa shape index (κ3) is 1.64. The Kier molecular flexibility index (Phi) is 2.17. The molecule has 66 valence electrons. The molecule has 3 N–H and O–H groups in total. The van der Waals surface area contributed by atoms with E-state index in [-0.39, 0.29) is 0 Å². The van der Waals surface area contributed by atoms with Crippen molar-refractivity contribution in [1.82, 2.24) is 15.2 Å². The maximum absolute atomic E-state index is 5.76. The standard InChI is InChI=1S/C8H7IN4/c9-6-2-1-5(3-7(6)10)8-11-4-12-13-8/h1-4H,10H2,(H,11,12,13). The molecule has 0 saturated carbocycles. The predicted octanol–water partition coefficient (Wildman–Crippen LogP) is 1.66. The van der Waals surface area contributed by atoms with Gasteiger partial charge in [0.2, 0.25) is 0 Å². The van der Waals surface area contributed by atoms with E-state index >= 15 is 0 Å². The van der Waals surface area contributed by atoms with E-state index in [9.17, 15) is 0 Å². The highest BCUT2D eigenvalue weighted by Gasteiger charge is 2.02. The van der Waals surface area contributed by atoms with Gasteiger partial charge in [0.15, 0.2) is 5.82 Å². The summed E-state index contributed by atoms with van der Waals surface area (Å²) < 4.78 is 1.04. The van der Waals surface area contributed by atoms with Gasteiger partial charge in [-0.3, -0.25) is 5.10 Å². The third-order valence-corrected chi connectivity index (χ3v) is 2.67. The largest absolute Gasteiger partial charge is 0.398 e. The minimum Gasteiger partial charge on any atom is -0.398 e. The van der Waals surface area contributed by atoms with Gasteiger partial charge in [-0.15, -0.1) is 0 Å². The number of benzene rings is 1. The molecule has 0 fully saturated rings. The summed E-state index contributed by atoms with van der Waals surface area (Å²) in [5.41, 5.74) is 7.47. The number of rotatable bonds is 1. The monoisotopic (exact) mass is 286 g/mol. The van der Waals surface area contributed by atoms with Crippen LogP contribution in [0.1, 0.15) is 0 Å². The molecule has 0 aliphatic heterocycles. The van der Waals surface area contributed by atoms with Crippen LogP contribution >= 0.6 is 22.6 Å². The number of anilines is 1. The molecule has 4 nitrogen and oxygen atoms in total. The van der Waals surface area contributed by atoms with E-state index < -0.39 is 0 Å². The molecule has 0 atom stereocenters. The van der Waals surface area contributed by atoms with Crippen LogP contribution in [0.15, 0.2) is 24.5 Å². The molecule has 5 heteroatoms. The van der Waals surface area contributed by atoms with Gasteiger partial charge < -0.3 is 5.73 Å². The number of H-pyrrole nitrogens is 1. The van der Waals surface area contributed by atoms with Gasteiger partial charge in [0.25, 0.3) is 0 Å². The second kappa shape index (κ2) is 3.33. The van der Waals surface area contributed by atoms with Crippen molar-refractivity contribution in [2.75, 3.05) is 5.73 Å². The van der Waals surface area contributed by atoms with Crippen molar-refractivity contribution in [1.29, 1.82) is 0 Å². The molecule has 0 saturated heterocycles. The van der Waals surface area contributed by atoms with Gasteiger partial charge in [-0.25, -0.2) is 4.98 Å². The SMILES string of the molecule is Nc1cc(-c2ncn[nH]2)ccc1I. The van der Waals surface area contributed by atoms with Crippen molar-refractivity contribution < 1.29 is 0 Å². The number of aromatic nitrogens is 3. The minimum atomic E-state index is 0.739. The van der Waals surface area contributed by atoms with Crippen LogP contribution in [0.4, 0.5) is 5.69 Å². The van der Waals surface area contributed by atoms with Crippen molar-refractivity contribution in [3.63, 3.8) is 0 Å². The number of nitrogens with zero attached hydrogens (tertiary/aromatic N) is 2. The van der Waals surface area contributed by atoms with E-state index in [1.54, 1.807) is 0 Å². The zero-order valence-corrected chi connectivity index (χ0v) is 8.82. The average molecular weight is 286 g/mol. The summed E-state index contributed by atoms with van der Waals surface area (Å²) in [5.74, 6) is 0.739. The van der Waals surface area contributed by atoms with Gasteiger partial charge in [-0.2, -0.15) is 5.10 Å². The fourth-order valence-electron chi connectivity index (χ4n) is 1.04. The van der Waals surface area contributed by atoms with Gasteiger partial charge in [-0.1, -0.05) is 6.07 Å². The van der Waals surface area contributed by atoms with Crippen LogP contribution < -0.4 is 5.73 Å². The summed E-state index contributed by atoms with van der Waals surface area (Å²) in [6, 6.07) is 5.79. The summed E-state index contributed by atoms with van der Waals surface area (Å²) in [6.45, 7) is 0. The highest BCUT2D eigenvalue weighted by atomic mass is 127. The first-order valence-electron chi connectivity index (χ1n) is 3.68. The number of nitrogens with two attached hydrogens (primary N) is 1. The quantitative estimate of drug-likeness (QED) is 0.619. The normalized spacial score (nSPS) is 10.2. The number of hydrogen-bond acceptors (Lipinski definition) is 3. The first-order chi connectivity index (χ1) is 6.27. The van der Waals surface area contributed by atoms with Gasteiger partial charge in [0, 0.05) is 14.8 Å². The molecule has 0 unspecified atom stereocenters. The molecule has 1 heterocycles. The Morgan fingerprint density at radius 1 is 1.38 bits per heavy atom. The Bertz CT molecular complexity index is 410. The fraction of sp³-hybridized carbons (Fsp3) is 0. The third-order valence-electron chi connectivity index (χ3n) is 1.68. The molecule has 1 aromatic carbocycles. The topological polar surface area (TPSA) is 67.6 Å². The molecule has 0 aliphatic rings. The summed E-state index contributed by atoms with van der Waals surface area (Å²) >= 11 is 2.19. The predicted molar refractivity (Wildman–Crippen MR) is 58.9 cm³/mol. The van der Waals surface area contributed by atoms with Gasteiger partial charge in [0.05, 0.1) is 0 Å². The maximum Gasteiger partial charge on any atom is 0.155 e. The molecule has 0 amide bonds. The molecule has 2 rings (SSSR count). The van der Waals surface area contributed by atoms with Crippen LogP contribution in [-0.2, 0) is 0 Å². The lowest BCUT2D eigenvalue weighted by Gasteiger charge is -2.00. The van der Waals surface area contributed by atoms with E-state index in [1.807, 2.05) is 18.2 Å². The smallest absolute Gasteiger partial charge is 0.155 e. The highest BCUT2D eigenvalue weighted by molar-refractivity contribution is 14.1. The Morgan fingerprint density at radius 3 is 2.85 bits per heavy atom. The van der Waals surface area contributed by atoms with Crippen LogP contribution in [-0.4, -0.2) is 15.2 Å². The Morgan fingerprint density at radius 2 is 2.23 bits per heavy atom. The van der Waals surface area contributed by atoms with Crippen molar-refractivity contribution in [2.24, 2.45) is 0 Å². The van der Waals surface area contributed by atoms with Crippen LogP contribution in [0, 0.1) is 3.57 Å². The first-order valence-corrected chi connectivity index (χ1v) is 4.76. The van der Waals surface area contributed by atoms with Gasteiger partial charge in [0.1, 0.15) is 6.33 Å². The molecule has 0 radical (unpaired) electrons. The van der Waals surface area contributed by atoms with E-state index in [0.717, 1.165) is 20.6 Å². The lowest BCUT2D eigenvalue weighted by atomic mass is 10.2. The minimum absolute atomic E-state index is 0.739. The average Bonchev–Trinajstić information content (AvgIpc) is 2.62. The lowest BCUT2D eigenvalue weighted by Crippen LogP contribution is -1.90. The van der Waals surface area contributed by atoms with Crippen molar-refractivity contribution in [3.8, 4) is 11.4 Å². The number of halogens is 1. The van der Waals surface area contributed by atoms with Gasteiger partial charge in [-0.05, 0) is 34.7 Å². The second-order valence-corrected chi connectivity index (χ2v) is 3.73. The number of aromatic amines is 1. The molecular formula is C8H7IN4. The zero-order chi connectivity index (χ0) is 9.26. The van der Waals surface area contributed by atoms with Crippen LogP contribution in [0.25, 0.3) is 11.4 Å². The molecule has 1 aromatic heterocycles. The van der Waals surface area contributed by atoms with E-state index in [4.69, 9.17) is 5.73 Å². The van der Waals surface area contributed by atoms with Crippen LogP contribution in [0.3, 0.4) is 0 Å². The molecule has 2 aromatic rings. The number of hydrogen-bond donors (Lipinski definition) is 2. The van der Waals surface area contributed by atoms with E-state index in [0.29, 0.717) is 0 Å². The van der Waals surface area contributed by atoms with Crippen molar-refractivity contribution in [3.05, 3.63) is 28.1 Å². The molecule has 0 spiro atoms. The molecule has 13 heavy (non-hydrogen) atoms. The second-order valence-electron chi connectivity index (χ2n) is 2.57. The Labute approximate surface area is 88.7 Å².